The van der Waals surface area contributed by atoms with Crippen molar-refractivity contribution in [3.63, 3.8) is 0 Å². The first-order valence-corrected chi connectivity index (χ1v) is 9.58. The molecule has 0 aliphatic carbocycles. The third kappa shape index (κ3) is 4.18. The van der Waals surface area contributed by atoms with Crippen molar-refractivity contribution in [2.45, 2.75) is 20.0 Å². The molecular weight excluding hydrogens is 406 g/mol. The normalized spacial score (nSPS) is 10.9. The zero-order chi connectivity index (χ0) is 21.1. The summed E-state index contributed by atoms with van der Waals surface area (Å²) in [7, 11) is 0. The van der Waals surface area contributed by atoms with E-state index in [2.05, 4.69) is 15.4 Å². The molecule has 0 unspecified atom stereocenters. The third-order valence-corrected chi connectivity index (χ3v) is 4.80. The van der Waals surface area contributed by atoms with Crippen molar-refractivity contribution in [2.75, 3.05) is 0 Å². The molecule has 0 saturated carbocycles. The summed E-state index contributed by atoms with van der Waals surface area (Å²) in [6.45, 7) is 1.99. The summed E-state index contributed by atoms with van der Waals surface area (Å²) in [5.74, 6) is 0.378. The Morgan fingerprint density at radius 1 is 1.17 bits per heavy atom. The number of rotatable bonds is 6. The Kier molecular flexibility index (Phi) is 5.49. The summed E-state index contributed by atoms with van der Waals surface area (Å²) in [6, 6.07) is 14.6. The summed E-state index contributed by atoms with van der Waals surface area (Å²) < 4.78 is 8.14. The predicted octanol–water partition coefficient (Wildman–Crippen LogP) is 2.96. The predicted molar refractivity (Wildman–Crippen MR) is 112 cm³/mol. The lowest BCUT2D eigenvalue weighted by Gasteiger charge is -2.06. The molecule has 152 valence electrons. The lowest BCUT2D eigenvalue weighted by Crippen LogP contribution is -2.32. The van der Waals surface area contributed by atoms with Gasteiger partial charge in [-0.3, -0.25) is 4.79 Å². The van der Waals surface area contributed by atoms with Crippen LogP contribution in [0.5, 0.6) is 11.6 Å². The zero-order valence-corrected chi connectivity index (χ0v) is 16.8. The van der Waals surface area contributed by atoms with Gasteiger partial charge in [0.25, 0.3) is 5.88 Å². The van der Waals surface area contributed by atoms with E-state index in [1.54, 1.807) is 18.2 Å². The number of hydrogen-bond donors (Lipinski definition) is 1. The van der Waals surface area contributed by atoms with E-state index in [0.717, 1.165) is 15.8 Å². The van der Waals surface area contributed by atoms with E-state index in [1.807, 2.05) is 37.3 Å². The fraction of sp³-hybridized carbons (Fsp3) is 0.143. The van der Waals surface area contributed by atoms with Crippen LogP contribution in [0, 0.1) is 6.92 Å². The number of nitrogens with zero attached hydrogens (tertiary/aromatic N) is 4. The van der Waals surface area contributed by atoms with Crippen molar-refractivity contribution in [3.8, 4) is 11.6 Å². The summed E-state index contributed by atoms with van der Waals surface area (Å²) in [5, 5.41) is 7.53. The molecule has 0 spiro atoms. The first-order chi connectivity index (χ1) is 14.5. The molecule has 30 heavy (non-hydrogen) atoms. The molecule has 2 heterocycles. The number of amides is 1. The van der Waals surface area contributed by atoms with E-state index in [-0.39, 0.29) is 30.5 Å². The van der Waals surface area contributed by atoms with Crippen LogP contribution in [0.1, 0.15) is 11.1 Å². The number of aromatic nitrogens is 4. The lowest BCUT2D eigenvalue weighted by atomic mass is 10.2. The molecule has 1 amide bonds. The Bertz CT molecular complexity index is 1260. The molecule has 4 aromatic rings. The van der Waals surface area contributed by atoms with Gasteiger partial charge in [-0.25, -0.2) is 18.9 Å². The Morgan fingerprint density at radius 2 is 1.93 bits per heavy atom. The highest BCUT2D eigenvalue weighted by Gasteiger charge is 2.15. The van der Waals surface area contributed by atoms with Crippen LogP contribution in [0.15, 0.2) is 65.7 Å². The Labute approximate surface area is 176 Å². The Hall–Kier alpha value is -3.65. The number of nitrogens with one attached hydrogen (secondary N) is 1. The van der Waals surface area contributed by atoms with E-state index in [1.165, 1.54) is 16.8 Å². The van der Waals surface area contributed by atoms with E-state index in [9.17, 15) is 9.59 Å². The van der Waals surface area contributed by atoms with Crippen LogP contribution >= 0.6 is 11.6 Å². The summed E-state index contributed by atoms with van der Waals surface area (Å²) in [4.78, 5) is 29.1. The van der Waals surface area contributed by atoms with E-state index >= 15 is 0 Å². The minimum atomic E-state index is -0.464. The summed E-state index contributed by atoms with van der Waals surface area (Å²) in [5.41, 5.74) is 1.64. The summed E-state index contributed by atoms with van der Waals surface area (Å²) >= 11 is 6.10. The average Bonchev–Trinajstić information content (AvgIpc) is 3.06. The number of halogens is 1. The second kappa shape index (κ2) is 8.38. The van der Waals surface area contributed by atoms with Gasteiger partial charge in [-0.1, -0.05) is 47.5 Å². The molecule has 0 saturated heterocycles. The van der Waals surface area contributed by atoms with Crippen molar-refractivity contribution in [1.82, 2.24) is 24.5 Å². The molecule has 2 aromatic carbocycles. The SMILES string of the molecule is Cc1ccc(Oc2nccn3c(=O)n(CC(=O)NCc4ccccc4Cl)nc23)cc1. The fourth-order valence-corrected chi connectivity index (χ4v) is 3.05. The number of aryl methyl sites for hydroxylation is 1. The molecule has 0 fully saturated rings. The number of fused-ring (bicyclic) bond motifs is 1. The smallest absolute Gasteiger partial charge is 0.351 e. The number of benzene rings is 2. The van der Waals surface area contributed by atoms with Gasteiger partial charge < -0.3 is 10.1 Å². The van der Waals surface area contributed by atoms with Gasteiger partial charge in [-0.2, -0.15) is 0 Å². The number of hydrogen-bond acceptors (Lipinski definition) is 5. The minimum absolute atomic E-state index is 0.175. The first-order valence-electron chi connectivity index (χ1n) is 9.20. The maximum absolute atomic E-state index is 12.6. The standard InChI is InChI=1S/C21H18ClN5O3/c1-14-6-8-16(9-7-14)30-20-19-25-27(21(29)26(19)11-10-23-20)13-18(28)24-12-15-4-2-3-5-17(15)22/h2-11H,12-13H2,1H3,(H,24,28). The molecule has 0 atom stereocenters. The molecule has 0 aliphatic heterocycles. The molecule has 1 N–H and O–H groups in total. The molecular formula is C21H18ClN5O3. The average molecular weight is 424 g/mol. The van der Waals surface area contributed by atoms with Crippen molar-refractivity contribution in [3.05, 3.63) is 87.6 Å². The monoisotopic (exact) mass is 423 g/mol. The maximum atomic E-state index is 12.6. The topological polar surface area (TPSA) is 90.5 Å². The highest BCUT2D eigenvalue weighted by atomic mass is 35.5. The van der Waals surface area contributed by atoms with Crippen LogP contribution in [0.25, 0.3) is 5.65 Å². The molecule has 0 bridgehead atoms. The van der Waals surface area contributed by atoms with Crippen molar-refractivity contribution in [2.24, 2.45) is 0 Å². The molecule has 0 radical (unpaired) electrons. The van der Waals surface area contributed by atoms with Crippen molar-refractivity contribution in [1.29, 1.82) is 0 Å². The highest BCUT2D eigenvalue weighted by Crippen LogP contribution is 2.22. The van der Waals surface area contributed by atoms with Gasteiger partial charge in [0, 0.05) is 24.0 Å². The van der Waals surface area contributed by atoms with E-state index in [0.29, 0.717) is 10.8 Å². The molecule has 4 rings (SSSR count). The van der Waals surface area contributed by atoms with Crippen LogP contribution in [0.3, 0.4) is 0 Å². The molecule has 0 aliphatic rings. The van der Waals surface area contributed by atoms with Gasteiger partial charge in [0.15, 0.2) is 0 Å². The third-order valence-electron chi connectivity index (χ3n) is 4.43. The fourth-order valence-electron chi connectivity index (χ4n) is 2.85. The first kappa shape index (κ1) is 19.7. The van der Waals surface area contributed by atoms with E-state index in [4.69, 9.17) is 16.3 Å². The number of carbonyl (C=O) groups excluding carboxylic acids is 1. The lowest BCUT2D eigenvalue weighted by molar-refractivity contribution is -0.122. The molecule has 2 aromatic heterocycles. The number of carbonyl (C=O) groups is 1. The van der Waals surface area contributed by atoms with Gasteiger partial charge in [-0.05, 0) is 30.7 Å². The zero-order valence-electron chi connectivity index (χ0n) is 16.1. The second-order valence-electron chi connectivity index (χ2n) is 6.65. The Balaban J connectivity index is 1.52. The Morgan fingerprint density at radius 3 is 2.70 bits per heavy atom. The largest absolute Gasteiger partial charge is 0.436 e. The van der Waals surface area contributed by atoms with Gasteiger partial charge in [0.05, 0.1) is 0 Å². The van der Waals surface area contributed by atoms with Crippen molar-refractivity contribution >= 4 is 23.2 Å². The quantitative estimate of drug-likeness (QED) is 0.515. The van der Waals surface area contributed by atoms with Crippen LogP contribution in [0.2, 0.25) is 5.02 Å². The number of ether oxygens (including phenoxy) is 1. The summed E-state index contributed by atoms with van der Waals surface area (Å²) in [6.07, 6.45) is 2.92. The van der Waals surface area contributed by atoms with Gasteiger partial charge in [0.2, 0.25) is 11.6 Å². The molecule has 8 nitrogen and oxygen atoms in total. The van der Waals surface area contributed by atoms with E-state index < -0.39 is 5.69 Å². The van der Waals surface area contributed by atoms with Crippen LogP contribution in [0.4, 0.5) is 0 Å². The van der Waals surface area contributed by atoms with Gasteiger partial charge >= 0.3 is 5.69 Å². The minimum Gasteiger partial charge on any atom is -0.436 e. The van der Waals surface area contributed by atoms with Crippen molar-refractivity contribution < 1.29 is 9.53 Å². The van der Waals surface area contributed by atoms with Crippen LogP contribution in [-0.4, -0.2) is 25.1 Å². The highest BCUT2D eigenvalue weighted by molar-refractivity contribution is 6.31. The maximum Gasteiger partial charge on any atom is 0.351 e. The second-order valence-corrected chi connectivity index (χ2v) is 7.06. The van der Waals surface area contributed by atoms with Gasteiger partial charge in [0.1, 0.15) is 12.3 Å². The van der Waals surface area contributed by atoms with Crippen LogP contribution in [-0.2, 0) is 17.9 Å². The molecule has 9 heteroatoms. The van der Waals surface area contributed by atoms with Crippen LogP contribution < -0.4 is 15.7 Å². The van der Waals surface area contributed by atoms with Gasteiger partial charge in [-0.15, -0.1) is 5.10 Å².